The van der Waals surface area contributed by atoms with E-state index in [-0.39, 0.29) is 36.6 Å². The SMILES string of the molecule is CCOC(=O)[C@]1(Cc2ccc(F)cc2F)CCCN(S(=O)(=O)c2cccnc2)C1. The van der Waals surface area contributed by atoms with Crippen molar-refractivity contribution >= 4 is 16.0 Å². The van der Waals surface area contributed by atoms with Crippen LogP contribution in [0.25, 0.3) is 0 Å². The molecule has 156 valence electrons. The first-order valence-corrected chi connectivity index (χ1v) is 10.7. The molecule has 1 aliphatic rings. The van der Waals surface area contributed by atoms with Crippen molar-refractivity contribution in [2.45, 2.75) is 31.1 Å². The number of esters is 1. The summed E-state index contributed by atoms with van der Waals surface area (Å²) in [6.07, 6.45) is 3.37. The lowest BCUT2D eigenvalue weighted by Crippen LogP contribution is -2.51. The average molecular weight is 424 g/mol. The third-order valence-corrected chi connectivity index (χ3v) is 6.90. The Hall–Kier alpha value is -2.39. The van der Waals surface area contributed by atoms with Gasteiger partial charge in [0.15, 0.2) is 0 Å². The van der Waals surface area contributed by atoms with E-state index >= 15 is 0 Å². The van der Waals surface area contributed by atoms with Crippen molar-refractivity contribution in [3.63, 3.8) is 0 Å². The smallest absolute Gasteiger partial charge is 0.313 e. The predicted molar refractivity (Wildman–Crippen MR) is 101 cm³/mol. The maximum atomic E-state index is 14.3. The van der Waals surface area contributed by atoms with Crippen LogP contribution in [0.15, 0.2) is 47.6 Å². The molecule has 2 aromatic rings. The lowest BCUT2D eigenvalue weighted by atomic mass is 9.75. The van der Waals surface area contributed by atoms with Crippen molar-refractivity contribution in [2.24, 2.45) is 5.41 Å². The van der Waals surface area contributed by atoms with Crippen LogP contribution in [0.5, 0.6) is 0 Å². The number of benzene rings is 1. The Morgan fingerprint density at radius 3 is 2.76 bits per heavy atom. The third kappa shape index (κ3) is 4.45. The number of sulfonamides is 1. The first kappa shape index (κ1) is 21.3. The topological polar surface area (TPSA) is 76.6 Å². The molecule has 0 radical (unpaired) electrons. The number of piperidine rings is 1. The molecular formula is C20H22F2N2O4S. The van der Waals surface area contributed by atoms with Gasteiger partial charge in [-0.1, -0.05) is 6.07 Å². The van der Waals surface area contributed by atoms with E-state index in [0.29, 0.717) is 12.8 Å². The summed E-state index contributed by atoms with van der Waals surface area (Å²) in [5.74, 6) is -2.09. The quantitative estimate of drug-likeness (QED) is 0.667. The highest BCUT2D eigenvalue weighted by molar-refractivity contribution is 7.89. The standard InChI is InChI=1S/C20H22F2N2O4S/c1-2-28-19(25)20(12-15-6-7-16(21)11-18(15)22)8-4-10-24(14-20)29(26,27)17-5-3-9-23-13-17/h3,5-7,9,11,13H,2,4,8,10,12,14H2,1H3/t20-/m0/s1. The van der Waals surface area contributed by atoms with Crippen LogP contribution < -0.4 is 0 Å². The van der Waals surface area contributed by atoms with Crippen molar-refractivity contribution in [2.75, 3.05) is 19.7 Å². The van der Waals surface area contributed by atoms with E-state index in [9.17, 15) is 22.0 Å². The number of aromatic nitrogens is 1. The third-order valence-electron chi connectivity index (χ3n) is 5.07. The average Bonchev–Trinajstić information content (AvgIpc) is 2.71. The highest BCUT2D eigenvalue weighted by Gasteiger charge is 2.47. The Kier molecular flexibility index (Phi) is 6.28. The van der Waals surface area contributed by atoms with Gasteiger partial charge in [0, 0.05) is 31.5 Å². The van der Waals surface area contributed by atoms with E-state index < -0.39 is 33.0 Å². The lowest BCUT2D eigenvalue weighted by Gasteiger charge is -2.40. The zero-order chi connectivity index (χ0) is 21.1. The minimum absolute atomic E-state index is 0.0209. The summed E-state index contributed by atoms with van der Waals surface area (Å²) in [5, 5.41) is 0. The fourth-order valence-corrected chi connectivity index (χ4v) is 5.17. The van der Waals surface area contributed by atoms with E-state index in [0.717, 1.165) is 12.1 Å². The molecule has 9 heteroatoms. The molecule has 0 unspecified atom stereocenters. The molecule has 6 nitrogen and oxygen atoms in total. The fourth-order valence-electron chi connectivity index (χ4n) is 3.64. The molecule has 0 saturated carbocycles. The highest BCUT2D eigenvalue weighted by Crippen LogP contribution is 2.38. The maximum absolute atomic E-state index is 14.3. The van der Waals surface area contributed by atoms with Gasteiger partial charge in [-0.3, -0.25) is 9.78 Å². The van der Waals surface area contributed by atoms with E-state index in [4.69, 9.17) is 4.74 Å². The maximum Gasteiger partial charge on any atom is 0.313 e. The summed E-state index contributed by atoms with van der Waals surface area (Å²) in [4.78, 5) is 16.7. The molecule has 1 saturated heterocycles. The summed E-state index contributed by atoms with van der Waals surface area (Å²) in [5.41, 5.74) is -1.12. The second-order valence-corrected chi connectivity index (χ2v) is 8.98. The zero-order valence-electron chi connectivity index (χ0n) is 16.0. The minimum Gasteiger partial charge on any atom is -0.466 e. The number of nitrogens with zero attached hydrogens (tertiary/aromatic N) is 2. The Labute approximate surface area is 168 Å². The number of hydrogen-bond acceptors (Lipinski definition) is 5. The molecule has 0 bridgehead atoms. The van der Waals surface area contributed by atoms with E-state index in [1.165, 1.54) is 34.9 Å². The molecule has 1 aliphatic heterocycles. The Bertz CT molecular complexity index is 985. The predicted octanol–water partition coefficient (Wildman–Crippen LogP) is 2.94. The molecule has 1 aromatic carbocycles. The summed E-state index contributed by atoms with van der Waals surface area (Å²) in [7, 11) is -3.88. The second-order valence-electron chi connectivity index (χ2n) is 7.04. The van der Waals surface area contributed by atoms with Gasteiger partial charge in [-0.2, -0.15) is 4.31 Å². The molecule has 0 aliphatic carbocycles. The molecule has 29 heavy (non-hydrogen) atoms. The molecule has 1 aromatic heterocycles. The van der Waals surface area contributed by atoms with E-state index in [1.807, 2.05) is 0 Å². The largest absolute Gasteiger partial charge is 0.466 e. The van der Waals surface area contributed by atoms with Crippen LogP contribution in [-0.2, 0) is 26.0 Å². The fraction of sp³-hybridized carbons (Fsp3) is 0.400. The molecule has 1 fully saturated rings. The summed E-state index contributed by atoms with van der Waals surface area (Å²) < 4.78 is 60.1. The van der Waals surface area contributed by atoms with Crippen molar-refractivity contribution in [3.05, 3.63) is 59.9 Å². The molecule has 0 amide bonds. The Balaban J connectivity index is 1.97. The first-order valence-electron chi connectivity index (χ1n) is 9.30. The summed E-state index contributed by atoms with van der Waals surface area (Å²) >= 11 is 0. The van der Waals surface area contributed by atoms with Crippen LogP contribution in [-0.4, -0.2) is 43.4 Å². The second kappa shape index (κ2) is 8.54. The van der Waals surface area contributed by atoms with Gasteiger partial charge in [0.05, 0.1) is 12.0 Å². The van der Waals surface area contributed by atoms with Gasteiger partial charge in [0.2, 0.25) is 10.0 Å². The molecule has 3 rings (SSSR count). The van der Waals surface area contributed by atoms with Crippen molar-refractivity contribution < 1.29 is 26.7 Å². The van der Waals surface area contributed by atoms with Gasteiger partial charge in [-0.25, -0.2) is 17.2 Å². The first-order chi connectivity index (χ1) is 13.8. The van der Waals surface area contributed by atoms with Crippen LogP contribution in [0.4, 0.5) is 8.78 Å². The monoisotopic (exact) mass is 424 g/mol. The normalized spacial score (nSPS) is 20.4. The van der Waals surface area contributed by atoms with Gasteiger partial charge in [-0.05, 0) is 49.9 Å². The highest BCUT2D eigenvalue weighted by atomic mass is 32.2. The molecule has 1 atom stereocenters. The molecule has 0 N–H and O–H groups in total. The lowest BCUT2D eigenvalue weighted by molar-refractivity contribution is -0.157. The van der Waals surface area contributed by atoms with Crippen LogP contribution in [0.1, 0.15) is 25.3 Å². The Morgan fingerprint density at radius 2 is 2.10 bits per heavy atom. The Morgan fingerprint density at radius 1 is 1.31 bits per heavy atom. The van der Waals surface area contributed by atoms with Crippen LogP contribution in [0.3, 0.4) is 0 Å². The van der Waals surface area contributed by atoms with Crippen molar-refractivity contribution in [1.82, 2.24) is 9.29 Å². The number of pyridine rings is 1. The molecule has 0 spiro atoms. The van der Waals surface area contributed by atoms with Crippen LogP contribution >= 0.6 is 0 Å². The molecular weight excluding hydrogens is 402 g/mol. The van der Waals surface area contributed by atoms with Gasteiger partial charge in [0.1, 0.15) is 16.5 Å². The van der Waals surface area contributed by atoms with Gasteiger partial charge in [0.25, 0.3) is 0 Å². The number of rotatable bonds is 6. The number of ether oxygens (including phenoxy) is 1. The number of carbonyl (C=O) groups is 1. The van der Waals surface area contributed by atoms with Crippen molar-refractivity contribution in [1.29, 1.82) is 0 Å². The van der Waals surface area contributed by atoms with Crippen LogP contribution in [0.2, 0.25) is 0 Å². The number of hydrogen-bond donors (Lipinski definition) is 0. The van der Waals surface area contributed by atoms with Crippen molar-refractivity contribution in [3.8, 4) is 0 Å². The molecule has 2 heterocycles. The van der Waals surface area contributed by atoms with E-state index in [2.05, 4.69) is 4.98 Å². The zero-order valence-corrected chi connectivity index (χ0v) is 16.8. The number of halogens is 2. The van der Waals surface area contributed by atoms with Gasteiger partial charge in [-0.15, -0.1) is 0 Å². The summed E-state index contributed by atoms with van der Waals surface area (Å²) in [6.45, 7) is 1.84. The summed E-state index contributed by atoms with van der Waals surface area (Å²) in [6, 6.07) is 6.09. The van der Waals surface area contributed by atoms with Crippen LogP contribution in [0, 0.1) is 17.0 Å². The van der Waals surface area contributed by atoms with E-state index in [1.54, 1.807) is 6.92 Å². The minimum atomic E-state index is -3.88. The van der Waals surface area contributed by atoms with Gasteiger partial charge >= 0.3 is 5.97 Å². The number of carbonyl (C=O) groups excluding carboxylic acids is 1. The van der Waals surface area contributed by atoms with Gasteiger partial charge < -0.3 is 4.74 Å².